The Balaban J connectivity index is 1.60. The van der Waals surface area contributed by atoms with Crippen LogP contribution in [0.4, 0.5) is 11.4 Å². The summed E-state index contributed by atoms with van der Waals surface area (Å²) in [4.78, 5) is 0. The highest BCUT2D eigenvalue weighted by atomic mass is 31.1. The number of allylic oxidation sites excluding steroid dienone is 4. The summed E-state index contributed by atoms with van der Waals surface area (Å²) in [5, 5.41) is 12.6. The number of aryl methyl sites for hydroxylation is 4. The van der Waals surface area contributed by atoms with Gasteiger partial charge in [0.05, 0.1) is 0 Å². The van der Waals surface area contributed by atoms with E-state index in [1.54, 1.807) is 10.6 Å². The van der Waals surface area contributed by atoms with E-state index in [-0.39, 0.29) is 0 Å². The molecule has 0 bridgehead atoms. The van der Waals surface area contributed by atoms with E-state index in [1.807, 2.05) is 0 Å². The van der Waals surface area contributed by atoms with Crippen LogP contribution >= 0.6 is 7.92 Å². The summed E-state index contributed by atoms with van der Waals surface area (Å²) < 4.78 is 0. The molecule has 0 saturated heterocycles. The molecular formula is C32H37N2P. The van der Waals surface area contributed by atoms with Crippen LogP contribution in [0.25, 0.3) is 0 Å². The van der Waals surface area contributed by atoms with Crippen LogP contribution in [0.3, 0.4) is 0 Å². The fourth-order valence-corrected chi connectivity index (χ4v) is 8.65. The SMILES string of the molecule is Cc1cccc(C)c1NC1=C(P(C2=C(Nc3c(C)cccc3C)CCC2)c2ccccc2)CCC1. The van der Waals surface area contributed by atoms with E-state index in [4.69, 9.17) is 0 Å². The van der Waals surface area contributed by atoms with Gasteiger partial charge in [0.15, 0.2) is 0 Å². The Morgan fingerprint density at radius 2 is 0.943 bits per heavy atom. The molecule has 2 N–H and O–H groups in total. The molecular weight excluding hydrogens is 443 g/mol. The van der Waals surface area contributed by atoms with Gasteiger partial charge >= 0.3 is 0 Å². The summed E-state index contributed by atoms with van der Waals surface area (Å²) in [5.41, 5.74) is 10.8. The van der Waals surface area contributed by atoms with Crippen molar-refractivity contribution in [1.29, 1.82) is 0 Å². The maximum Gasteiger partial charge on any atom is 0.0441 e. The van der Waals surface area contributed by atoms with Crippen LogP contribution in [-0.2, 0) is 0 Å². The Morgan fingerprint density at radius 3 is 1.37 bits per heavy atom. The highest BCUT2D eigenvalue weighted by Crippen LogP contribution is 2.61. The minimum atomic E-state index is -0.533. The molecule has 2 aliphatic carbocycles. The minimum Gasteiger partial charge on any atom is -0.358 e. The number of anilines is 2. The van der Waals surface area contributed by atoms with Gasteiger partial charge in [-0.15, -0.1) is 0 Å². The van der Waals surface area contributed by atoms with Crippen molar-refractivity contribution in [3.63, 3.8) is 0 Å². The second-order valence-corrected chi connectivity index (χ2v) is 12.3. The van der Waals surface area contributed by atoms with Crippen LogP contribution in [0, 0.1) is 27.7 Å². The fourth-order valence-electron chi connectivity index (χ4n) is 5.60. The topological polar surface area (TPSA) is 24.1 Å². The molecule has 0 spiro atoms. The number of nitrogens with one attached hydrogen (secondary N) is 2. The predicted molar refractivity (Wildman–Crippen MR) is 154 cm³/mol. The maximum atomic E-state index is 3.94. The van der Waals surface area contributed by atoms with Gasteiger partial charge in [-0.1, -0.05) is 66.7 Å². The van der Waals surface area contributed by atoms with Crippen molar-refractivity contribution < 1.29 is 0 Å². The lowest BCUT2D eigenvalue weighted by molar-refractivity contribution is 0.901. The Kier molecular flexibility index (Phi) is 7.12. The lowest BCUT2D eigenvalue weighted by Crippen LogP contribution is -2.10. The van der Waals surface area contributed by atoms with Gasteiger partial charge < -0.3 is 10.6 Å². The largest absolute Gasteiger partial charge is 0.358 e. The van der Waals surface area contributed by atoms with E-state index in [0.29, 0.717) is 0 Å². The molecule has 3 heteroatoms. The summed E-state index contributed by atoms with van der Waals surface area (Å²) in [7, 11) is -0.533. The Hall–Kier alpha value is -2.83. The van der Waals surface area contributed by atoms with Gasteiger partial charge in [-0.2, -0.15) is 0 Å². The summed E-state index contributed by atoms with van der Waals surface area (Å²) in [6, 6.07) is 24.5. The molecule has 35 heavy (non-hydrogen) atoms. The van der Waals surface area contributed by atoms with Gasteiger partial charge in [0, 0.05) is 22.8 Å². The molecule has 0 aromatic heterocycles. The predicted octanol–water partition coefficient (Wildman–Crippen LogP) is 9.04. The molecule has 0 atom stereocenters. The van der Waals surface area contributed by atoms with Crippen molar-refractivity contribution in [1.82, 2.24) is 0 Å². The number of hydrogen-bond donors (Lipinski definition) is 2. The molecule has 0 aliphatic heterocycles. The average Bonchev–Trinajstić information content (AvgIpc) is 3.50. The van der Waals surface area contributed by atoms with E-state index in [0.717, 1.165) is 12.8 Å². The monoisotopic (exact) mass is 480 g/mol. The zero-order valence-corrected chi connectivity index (χ0v) is 22.4. The van der Waals surface area contributed by atoms with Crippen molar-refractivity contribution in [3.8, 4) is 0 Å². The number of rotatable bonds is 7. The van der Waals surface area contributed by atoms with Crippen LogP contribution in [0.2, 0.25) is 0 Å². The Bertz CT molecular complexity index is 1160. The zero-order chi connectivity index (χ0) is 24.4. The van der Waals surface area contributed by atoms with Crippen LogP contribution in [0.5, 0.6) is 0 Å². The first kappa shape index (κ1) is 23.9. The standard InChI is InChI=1S/C32H37N2P/c1-22-12-8-13-23(2)31(22)33-27-18-10-20-29(27)35(26-16-6-5-7-17-26)30-21-11-19-28(30)34-32-24(3)14-9-15-25(32)4/h5-9,12-17,33-34H,10-11,18-21H2,1-4H3. The van der Waals surface area contributed by atoms with Crippen LogP contribution in [-0.4, -0.2) is 0 Å². The van der Waals surface area contributed by atoms with Crippen LogP contribution < -0.4 is 15.9 Å². The lowest BCUT2D eigenvalue weighted by atomic mass is 10.1. The van der Waals surface area contributed by atoms with E-state index >= 15 is 0 Å². The van der Waals surface area contributed by atoms with E-state index < -0.39 is 7.92 Å². The molecule has 0 radical (unpaired) electrons. The van der Waals surface area contributed by atoms with Crippen molar-refractivity contribution in [2.75, 3.05) is 10.6 Å². The average molecular weight is 481 g/mol. The van der Waals surface area contributed by atoms with Gasteiger partial charge in [-0.05, 0) is 112 Å². The highest BCUT2D eigenvalue weighted by molar-refractivity contribution is 7.73. The van der Waals surface area contributed by atoms with Crippen LogP contribution in [0.15, 0.2) is 88.8 Å². The van der Waals surface area contributed by atoms with Crippen molar-refractivity contribution in [2.45, 2.75) is 66.2 Å². The summed E-state index contributed by atoms with van der Waals surface area (Å²) in [6.45, 7) is 8.88. The maximum absolute atomic E-state index is 3.94. The Labute approximate surface area is 212 Å². The quantitative estimate of drug-likeness (QED) is 0.330. The third-order valence-corrected chi connectivity index (χ3v) is 10.3. The molecule has 2 aliphatic rings. The molecule has 0 saturated carbocycles. The molecule has 3 aromatic rings. The molecule has 180 valence electrons. The van der Waals surface area contributed by atoms with Gasteiger partial charge in [-0.3, -0.25) is 0 Å². The van der Waals surface area contributed by atoms with Gasteiger partial charge in [0.25, 0.3) is 0 Å². The molecule has 0 unspecified atom stereocenters. The zero-order valence-electron chi connectivity index (χ0n) is 21.5. The van der Waals surface area contributed by atoms with Gasteiger partial charge in [0.2, 0.25) is 0 Å². The lowest BCUT2D eigenvalue weighted by Gasteiger charge is -2.26. The first-order valence-corrected chi connectivity index (χ1v) is 14.3. The van der Waals surface area contributed by atoms with E-state index in [1.165, 1.54) is 76.0 Å². The summed E-state index contributed by atoms with van der Waals surface area (Å²) in [5.74, 6) is 0. The van der Waals surface area contributed by atoms with E-state index in [2.05, 4.69) is 105 Å². The molecule has 5 rings (SSSR count). The van der Waals surface area contributed by atoms with Crippen molar-refractivity contribution >= 4 is 24.6 Å². The minimum absolute atomic E-state index is 0.533. The normalized spacial score (nSPS) is 15.9. The summed E-state index contributed by atoms with van der Waals surface area (Å²) in [6.07, 6.45) is 7.13. The van der Waals surface area contributed by atoms with Gasteiger partial charge in [0.1, 0.15) is 0 Å². The number of para-hydroxylation sites is 2. The van der Waals surface area contributed by atoms with Crippen molar-refractivity contribution in [2.24, 2.45) is 0 Å². The number of hydrogen-bond acceptors (Lipinski definition) is 2. The highest BCUT2D eigenvalue weighted by Gasteiger charge is 2.31. The first-order chi connectivity index (χ1) is 17.0. The van der Waals surface area contributed by atoms with Gasteiger partial charge in [-0.25, -0.2) is 0 Å². The smallest absolute Gasteiger partial charge is 0.0441 e. The first-order valence-electron chi connectivity index (χ1n) is 13.0. The molecule has 3 aromatic carbocycles. The Morgan fingerprint density at radius 1 is 0.514 bits per heavy atom. The van der Waals surface area contributed by atoms with E-state index in [9.17, 15) is 0 Å². The van der Waals surface area contributed by atoms with Crippen LogP contribution in [0.1, 0.15) is 60.8 Å². The second-order valence-electron chi connectivity index (χ2n) is 10.0. The summed E-state index contributed by atoms with van der Waals surface area (Å²) >= 11 is 0. The molecule has 0 amide bonds. The molecule has 2 nitrogen and oxygen atoms in total. The van der Waals surface area contributed by atoms with Crippen molar-refractivity contribution in [3.05, 3.63) is 111 Å². The third kappa shape index (κ3) is 4.95. The second kappa shape index (κ2) is 10.4. The fraction of sp³-hybridized carbons (Fsp3) is 0.312. The molecule has 0 heterocycles. The third-order valence-electron chi connectivity index (χ3n) is 7.45. The number of benzene rings is 3. The molecule has 0 fully saturated rings.